The summed E-state index contributed by atoms with van der Waals surface area (Å²) in [7, 11) is -3.90. The van der Waals surface area contributed by atoms with Crippen LogP contribution in [-0.4, -0.2) is 73.7 Å². The number of piperazine rings is 1. The first-order chi connectivity index (χ1) is 18.8. The number of sulfonamides is 1. The molecule has 2 saturated heterocycles. The predicted octanol–water partition coefficient (Wildman–Crippen LogP) is 3.49. The second-order valence-electron chi connectivity index (χ2n) is 11.3. The number of rotatable bonds is 7. The van der Waals surface area contributed by atoms with Gasteiger partial charge in [0, 0.05) is 22.8 Å². The van der Waals surface area contributed by atoms with Crippen molar-refractivity contribution in [2.75, 3.05) is 19.6 Å². The van der Waals surface area contributed by atoms with Crippen molar-refractivity contribution >= 4 is 60.8 Å². The quantitative estimate of drug-likeness (QED) is 0.430. The first kappa shape index (κ1) is 28.5. The Balaban J connectivity index is 1.22. The normalized spacial score (nSPS) is 19.7. The number of carbonyl (C=O) groups excluding carboxylic acids is 3. The van der Waals surface area contributed by atoms with Gasteiger partial charge in [-0.2, -0.15) is 0 Å². The maximum atomic E-state index is 13.7. The summed E-state index contributed by atoms with van der Waals surface area (Å²) < 4.78 is 28.5. The number of halogens is 1. The Hall–Kier alpha value is -2.99. The van der Waals surface area contributed by atoms with E-state index in [0.717, 1.165) is 10.1 Å². The van der Waals surface area contributed by atoms with Crippen LogP contribution < -0.4 is 10.0 Å². The molecular formula is C28H31ClN4O5S2. The van der Waals surface area contributed by atoms with Crippen LogP contribution in [0.25, 0.3) is 10.1 Å². The molecule has 2 N–H and O–H groups in total. The van der Waals surface area contributed by atoms with Crippen LogP contribution in [0.3, 0.4) is 0 Å². The van der Waals surface area contributed by atoms with Crippen LogP contribution in [0.5, 0.6) is 0 Å². The zero-order chi connectivity index (χ0) is 28.8. The number of carbonyl (C=O) groups is 3. The summed E-state index contributed by atoms with van der Waals surface area (Å²) in [4.78, 5) is 43.8. The third-order valence-electron chi connectivity index (χ3n) is 7.40. The number of hydrogen-bond donors (Lipinski definition) is 2. The Morgan fingerprint density at radius 2 is 1.73 bits per heavy atom. The van der Waals surface area contributed by atoms with Gasteiger partial charge in [0.15, 0.2) is 0 Å². The average Bonchev–Trinajstić information content (AvgIpc) is 3.63. The van der Waals surface area contributed by atoms with Crippen molar-refractivity contribution in [2.24, 2.45) is 5.41 Å². The van der Waals surface area contributed by atoms with Gasteiger partial charge >= 0.3 is 0 Å². The van der Waals surface area contributed by atoms with E-state index in [4.69, 9.17) is 11.6 Å². The third kappa shape index (κ3) is 5.74. The van der Waals surface area contributed by atoms with Crippen LogP contribution in [-0.2, 0) is 19.6 Å². The number of likely N-dealkylation sites (tertiary alicyclic amines) is 2. The van der Waals surface area contributed by atoms with Gasteiger partial charge in [-0.25, -0.2) is 13.1 Å². The molecular weight excluding hydrogens is 572 g/mol. The molecule has 40 heavy (non-hydrogen) atoms. The molecule has 1 unspecified atom stereocenters. The molecule has 0 radical (unpaired) electrons. The number of amides is 3. The van der Waals surface area contributed by atoms with Crippen LogP contribution in [0.15, 0.2) is 59.5 Å². The number of benzene rings is 2. The predicted molar refractivity (Wildman–Crippen MR) is 155 cm³/mol. The van der Waals surface area contributed by atoms with Crippen LogP contribution in [0.1, 0.15) is 36.9 Å². The maximum absolute atomic E-state index is 13.7. The Morgan fingerprint density at radius 1 is 1.02 bits per heavy atom. The standard InChI is InChI=1S/C28H31ClN4O5S2/c1-28(2,3)25(31-26(35)23-11-17-7-4-5-10-22(17)39-23)27(36)33-16-19-13-20(33)15-32(19)24(34)14-30-40(37,38)21-9-6-8-18(29)12-21/h4-12,19-20,25,30H,13-16H2,1-3H3,(H,31,35)/t19-,20-,25?/m0/s1. The first-order valence-corrected chi connectivity index (χ1v) is 15.7. The summed E-state index contributed by atoms with van der Waals surface area (Å²) in [6, 6.07) is 14.2. The van der Waals surface area contributed by atoms with Crippen LogP contribution in [0, 0.1) is 5.41 Å². The SMILES string of the molecule is CC(C)(C)C(NC(=O)c1cc2ccccc2s1)C(=O)N1C[C@@H]2C[C@H]1CN2C(=O)CNS(=O)(=O)c1cccc(Cl)c1. The number of fused-ring (bicyclic) bond motifs is 3. The van der Waals surface area contributed by atoms with Crippen LogP contribution in [0.4, 0.5) is 0 Å². The lowest BCUT2D eigenvalue weighted by Crippen LogP contribution is -2.59. The van der Waals surface area contributed by atoms with Crippen molar-refractivity contribution in [2.45, 2.75) is 50.2 Å². The van der Waals surface area contributed by atoms with E-state index in [-0.39, 0.29) is 46.3 Å². The van der Waals surface area contributed by atoms with Gasteiger partial charge in [-0.05, 0) is 47.6 Å². The highest BCUT2D eigenvalue weighted by atomic mass is 35.5. The van der Waals surface area contributed by atoms with Gasteiger partial charge in [-0.1, -0.05) is 56.6 Å². The summed E-state index contributed by atoms with van der Waals surface area (Å²) >= 11 is 7.29. The van der Waals surface area contributed by atoms with E-state index in [1.807, 2.05) is 51.1 Å². The third-order valence-corrected chi connectivity index (χ3v) is 10.2. The van der Waals surface area contributed by atoms with Gasteiger partial charge in [0.2, 0.25) is 21.8 Å². The molecule has 0 spiro atoms. The van der Waals surface area contributed by atoms with E-state index in [1.54, 1.807) is 15.9 Å². The molecule has 3 heterocycles. The van der Waals surface area contributed by atoms with Crippen molar-refractivity contribution in [1.82, 2.24) is 19.8 Å². The monoisotopic (exact) mass is 602 g/mol. The Morgan fingerprint density at radius 3 is 2.38 bits per heavy atom. The van der Waals surface area contributed by atoms with Crippen molar-refractivity contribution in [1.29, 1.82) is 0 Å². The Bertz CT molecular complexity index is 1550. The largest absolute Gasteiger partial charge is 0.339 e. The van der Waals surface area contributed by atoms with E-state index in [9.17, 15) is 22.8 Å². The molecule has 0 saturated carbocycles. The van der Waals surface area contributed by atoms with Crippen molar-refractivity contribution in [3.63, 3.8) is 0 Å². The van der Waals surface area contributed by atoms with Crippen molar-refractivity contribution in [3.8, 4) is 0 Å². The topological polar surface area (TPSA) is 116 Å². The van der Waals surface area contributed by atoms with Gasteiger partial charge < -0.3 is 15.1 Å². The van der Waals surface area contributed by atoms with E-state index < -0.39 is 21.5 Å². The molecule has 12 heteroatoms. The fraction of sp³-hybridized carbons (Fsp3) is 0.393. The fourth-order valence-electron chi connectivity index (χ4n) is 5.33. The smallest absolute Gasteiger partial charge is 0.262 e. The van der Waals surface area contributed by atoms with E-state index >= 15 is 0 Å². The molecule has 212 valence electrons. The molecule has 1 aromatic heterocycles. The highest BCUT2D eigenvalue weighted by Gasteiger charge is 2.49. The average molecular weight is 603 g/mol. The van der Waals surface area contributed by atoms with E-state index in [1.165, 1.54) is 29.5 Å². The minimum absolute atomic E-state index is 0.0153. The Labute approximate surface area is 242 Å². The second-order valence-corrected chi connectivity index (χ2v) is 14.6. The maximum Gasteiger partial charge on any atom is 0.262 e. The van der Waals surface area contributed by atoms with Crippen molar-refractivity contribution < 1.29 is 22.8 Å². The zero-order valence-corrected chi connectivity index (χ0v) is 24.8. The van der Waals surface area contributed by atoms with Crippen LogP contribution >= 0.6 is 22.9 Å². The highest BCUT2D eigenvalue weighted by molar-refractivity contribution is 7.89. The number of nitrogens with one attached hydrogen (secondary N) is 2. The van der Waals surface area contributed by atoms with E-state index in [0.29, 0.717) is 24.4 Å². The number of nitrogens with zero attached hydrogens (tertiary/aromatic N) is 2. The van der Waals surface area contributed by atoms with Gasteiger partial charge in [0.25, 0.3) is 5.91 Å². The lowest BCUT2D eigenvalue weighted by atomic mass is 9.85. The molecule has 3 aromatic rings. The molecule has 0 aliphatic carbocycles. The lowest BCUT2D eigenvalue weighted by molar-refractivity contribution is -0.142. The van der Waals surface area contributed by atoms with Gasteiger partial charge in [-0.3, -0.25) is 14.4 Å². The minimum atomic E-state index is -3.90. The molecule has 3 atom stereocenters. The summed E-state index contributed by atoms with van der Waals surface area (Å²) in [5.41, 5.74) is -0.542. The van der Waals surface area contributed by atoms with Gasteiger partial charge in [-0.15, -0.1) is 11.3 Å². The molecule has 2 fully saturated rings. The van der Waals surface area contributed by atoms with Gasteiger partial charge in [0.05, 0.1) is 28.4 Å². The molecule has 2 aliphatic heterocycles. The van der Waals surface area contributed by atoms with Crippen LogP contribution in [0.2, 0.25) is 5.02 Å². The summed E-state index contributed by atoms with van der Waals surface area (Å²) in [6.45, 7) is 6.00. The molecule has 5 rings (SSSR count). The first-order valence-electron chi connectivity index (χ1n) is 13.0. The number of hydrogen-bond acceptors (Lipinski definition) is 6. The number of thiophene rings is 1. The van der Waals surface area contributed by atoms with E-state index in [2.05, 4.69) is 10.0 Å². The molecule has 9 nitrogen and oxygen atoms in total. The fourth-order valence-corrected chi connectivity index (χ4v) is 7.57. The highest BCUT2D eigenvalue weighted by Crippen LogP contribution is 2.34. The Kier molecular flexibility index (Phi) is 7.68. The minimum Gasteiger partial charge on any atom is -0.339 e. The summed E-state index contributed by atoms with van der Waals surface area (Å²) in [6.07, 6.45) is 0.611. The second kappa shape index (κ2) is 10.8. The summed E-state index contributed by atoms with van der Waals surface area (Å²) in [5, 5.41) is 4.24. The van der Waals surface area contributed by atoms with Gasteiger partial charge in [0.1, 0.15) is 6.04 Å². The zero-order valence-electron chi connectivity index (χ0n) is 22.4. The lowest BCUT2D eigenvalue weighted by Gasteiger charge is -2.39. The van der Waals surface area contributed by atoms with Crippen molar-refractivity contribution in [3.05, 3.63) is 64.5 Å². The molecule has 3 amide bonds. The molecule has 2 aliphatic rings. The molecule has 2 bridgehead atoms. The molecule has 2 aromatic carbocycles. The summed E-state index contributed by atoms with van der Waals surface area (Å²) in [5.74, 6) is -0.818.